The summed E-state index contributed by atoms with van der Waals surface area (Å²) in [6, 6.07) is 0.598. The van der Waals surface area contributed by atoms with E-state index in [0.717, 1.165) is 13.0 Å². The SMILES string of the molecule is CCCNc1nc(OCC)nc(OC(C)C(C)C)n1. The fourth-order valence-electron chi connectivity index (χ4n) is 1.20. The zero-order chi connectivity index (χ0) is 14.3. The molecule has 19 heavy (non-hydrogen) atoms. The van der Waals surface area contributed by atoms with Crippen molar-refractivity contribution < 1.29 is 9.47 Å². The van der Waals surface area contributed by atoms with E-state index in [2.05, 4.69) is 41.0 Å². The summed E-state index contributed by atoms with van der Waals surface area (Å²) in [4.78, 5) is 12.6. The van der Waals surface area contributed by atoms with Crippen LogP contribution in [-0.2, 0) is 0 Å². The molecule has 0 aliphatic heterocycles. The maximum absolute atomic E-state index is 5.70. The molecule has 1 unspecified atom stereocenters. The molecule has 0 aliphatic carbocycles. The summed E-state index contributed by atoms with van der Waals surface area (Å²) in [5, 5.41) is 3.11. The number of aromatic nitrogens is 3. The molecule has 6 nitrogen and oxygen atoms in total. The Balaban J connectivity index is 2.85. The van der Waals surface area contributed by atoms with E-state index in [1.54, 1.807) is 0 Å². The molecule has 0 spiro atoms. The predicted octanol–water partition coefficient (Wildman–Crippen LogP) is 2.52. The lowest BCUT2D eigenvalue weighted by atomic mass is 10.1. The van der Waals surface area contributed by atoms with Gasteiger partial charge in [-0.2, -0.15) is 9.97 Å². The molecule has 6 heteroatoms. The highest BCUT2D eigenvalue weighted by atomic mass is 16.5. The Labute approximate surface area is 115 Å². The highest BCUT2D eigenvalue weighted by Gasteiger charge is 2.13. The zero-order valence-electron chi connectivity index (χ0n) is 12.4. The molecule has 1 atom stereocenters. The van der Waals surface area contributed by atoms with Gasteiger partial charge in [0, 0.05) is 6.54 Å². The fraction of sp³-hybridized carbons (Fsp3) is 0.769. The van der Waals surface area contributed by atoms with Crippen LogP contribution < -0.4 is 14.8 Å². The first-order valence-electron chi connectivity index (χ1n) is 6.86. The Hall–Kier alpha value is -1.59. The van der Waals surface area contributed by atoms with Crippen LogP contribution in [0.15, 0.2) is 0 Å². The van der Waals surface area contributed by atoms with Gasteiger partial charge in [-0.25, -0.2) is 0 Å². The van der Waals surface area contributed by atoms with Crippen LogP contribution in [0, 0.1) is 5.92 Å². The minimum absolute atomic E-state index is 0.0379. The Morgan fingerprint density at radius 3 is 2.32 bits per heavy atom. The minimum Gasteiger partial charge on any atom is -0.464 e. The van der Waals surface area contributed by atoms with E-state index in [1.807, 2.05) is 13.8 Å². The highest BCUT2D eigenvalue weighted by Crippen LogP contribution is 2.16. The summed E-state index contributed by atoms with van der Waals surface area (Å²) in [5.74, 6) is 0.880. The van der Waals surface area contributed by atoms with Crippen molar-refractivity contribution in [2.75, 3.05) is 18.5 Å². The summed E-state index contributed by atoms with van der Waals surface area (Å²) in [7, 11) is 0. The summed E-state index contributed by atoms with van der Waals surface area (Å²) in [6.07, 6.45) is 1.03. The molecule has 0 aliphatic rings. The molecule has 0 saturated carbocycles. The summed E-state index contributed by atoms with van der Waals surface area (Å²) in [5.41, 5.74) is 0. The molecule has 1 N–H and O–H groups in total. The average molecular weight is 268 g/mol. The van der Waals surface area contributed by atoms with Crippen molar-refractivity contribution in [1.29, 1.82) is 0 Å². The normalized spacial score (nSPS) is 12.3. The quantitative estimate of drug-likeness (QED) is 0.781. The molecule has 1 aromatic heterocycles. The number of ether oxygens (including phenoxy) is 2. The molecule has 0 amide bonds. The number of nitrogens with one attached hydrogen (secondary N) is 1. The van der Waals surface area contributed by atoms with Gasteiger partial charge in [-0.3, -0.25) is 0 Å². The van der Waals surface area contributed by atoms with Gasteiger partial charge in [-0.05, 0) is 26.2 Å². The number of nitrogens with zero attached hydrogens (tertiary/aromatic N) is 3. The minimum atomic E-state index is 0.0379. The third kappa shape index (κ3) is 5.28. The summed E-state index contributed by atoms with van der Waals surface area (Å²) >= 11 is 0. The van der Waals surface area contributed by atoms with Crippen LogP contribution in [0.5, 0.6) is 12.0 Å². The lowest BCUT2D eigenvalue weighted by Crippen LogP contribution is -2.20. The van der Waals surface area contributed by atoms with Gasteiger partial charge in [0.05, 0.1) is 6.61 Å². The van der Waals surface area contributed by atoms with Crippen LogP contribution in [-0.4, -0.2) is 34.2 Å². The smallest absolute Gasteiger partial charge is 0.324 e. The molecule has 0 radical (unpaired) electrons. The number of anilines is 1. The molecule has 108 valence electrons. The van der Waals surface area contributed by atoms with Crippen LogP contribution >= 0.6 is 0 Å². The summed E-state index contributed by atoms with van der Waals surface area (Å²) < 4.78 is 11.0. The van der Waals surface area contributed by atoms with Gasteiger partial charge in [0.2, 0.25) is 5.95 Å². The van der Waals surface area contributed by atoms with Gasteiger partial charge in [-0.15, -0.1) is 4.98 Å². The largest absolute Gasteiger partial charge is 0.464 e. The van der Waals surface area contributed by atoms with Crippen molar-refractivity contribution in [3.05, 3.63) is 0 Å². The Bertz CT molecular complexity index is 385. The standard InChI is InChI=1S/C13H24N4O2/c1-6-8-14-11-15-12(18-7-2)17-13(16-11)19-10(5)9(3)4/h9-10H,6-8H2,1-5H3,(H,14,15,16,17). The van der Waals surface area contributed by atoms with E-state index in [4.69, 9.17) is 9.47 Å². The summed E-state index contributed by atoms with van der Waals surface area (Å²) in [6.45, 7) is 11.5. The molecule has 0 fully saturated rings. The Morgan fingerprint density at radius 1 is 1.05 bits per heavy atom. The second-order valence-electron chi connectivity index (χ2n) is 4.65. The first-order chi connectivity index (χ1) is 9.06. The third-order valence-corrected chi connectivity index (χ3v) is 2.63. The second-order valence-corrected chi connectivity index (χ2v) is 4.65. The van der Waals surface area contributed by atoms with Crippen molar-refractivity contribution in [2.24, 2.45) is 5.92 Å². The van der Waals surface area contributed by atoms with E-state index < -0.39 is 0 Å². The molecule has 0 aromatic carbocycles. The van der Waals surface area contributed by atoms with Crippen molar-refractivity contribution in [2.45, 2.75) is 47.1 Å². The van der Waals surface area contributed by atoms with Gasteiger partial charge in [0.25, 0.3) is 0 Å². The van der Waals surface area contributed by atoms with E-state index in [1.165, 1.54) is 0 Å². The number of hydrogen-bond donors (Lipinski definition) is 1. The first-order valence-corrected chi connectivity index (χ1v) is 6.86. The molecule has 1 aromatic rings. The maximum atomic E-state index is 5.70. The third-order valence-electron chi connectivity index (χ3n) is 2.63. The lowest BCUT2D eigenvalue weighted by Gasteiger charge is -2.17. The Kier molecular flexibility index (Phi) is 6.32. The van der Waals surface area contributed by atoms with Crippen molar-refractivity contribution in [3.63, 3.8) is 0 Å². The van der Waals surface area contributed by atoms with Gasteiger partial charge in [0.1, 0.15) is 6.10 Å². The van der Waals surface area contributed by atoms with Crippen LogP contribution in [0.1, 0.15) is 41.0 Å². The van der Waals surface area contributed by atoms with E-state index in [9.17, 15) is 0 Å². The average Bonchev–Trinajstić information content (AvgIpc) is 2.36. The lowest BCUT2D eigenvalue weighted by molar-refractivity contribution is 0.152. The van der Waals surface area contributed by atoms with Crippen LogP contribution in [0.4, 0.5) is 5.95 Å². The number of rotatable bonds is 8. The van der Waals surface area contributed by atoms with E-state index in [0.29, 0.717) is 30.5 Å². The molecule has 1 rings (SSSR count). The van der Waals surface area contributed by atoms with Gasteiger partial charge in [0.15, 0.2) is 0 Å². The van der Waals surface area contributed by atoms with E-state index >= 15 is 0 Å². The maximum Gasteiger partial charge on any atom is 0.324 e. The predicted molar refractivity (Wildman–Crippen MR) is 74.7 cm³/mol. The monoisotopic (exact) mass is 268 g/mol. The van der Waals surface area contributed by atoms with Crippen molar-refractivity contribution in [3.8, 4) is 12.0 Å². The molecular weight excluding hydrogens is 244 g/mol. The fourth-order valence-corrected chi connectivity index (χ4v) is 1.20. The molecule has 0 saturated heterocycles. The van der Waals surface area contributed by atoms with Crippen LogP contribution in [0.3, 0.4) is 0 Å². The van der Waals surface area contributed by atoms with E-state index in [-0.39, 0.29) is 6.10 Å². The zero-order valence-corrected chi connectivity index (χ0v) is 12.4. The first kappa shape index (κ1) is 15.5. The molecule has 0 bridgehead atoms. The number of hydrogen-bond acceptors (Lipinski definition) is 6. The van der Waals surface area contributed by atoms with Gasteiger partial charge in [-0.1, -0.05) is 20.8 Å². The van der Waals surface area contributed by atoms with Crippen LogP contribution in [0.2, 0.25) is 0 Å². The van der Waals surface area contributed by atoms with Crippen molar-refractivity contribution in [1.82, 2.24) is 15.0 Å². The van der Waals surface area contributed by atoms with Crippen molar-refractivity contribution >= 4 is 5.95 Å². The Morgan fingerprint density at radius 2 is 1.74 bits per heavy atom. The molecule has 1 heterocycles. The van der Waals surface area contributed by atoms with Crippen LogP contribution in [0.25, 0.3) is 0 Å². The van der Waals surface area contributed by atoms with Gasteiger partial charge >= 0.3 is 12.0 Å². The second kappa shape index (κ2) is 7.76. The highest BCUT2D eigenvalue weighted by molar-refractivity contribution is 5.27. The van der Waals surface area contributed by atoms with Gasteiger partial charge < -0.3 is 14.8 Å². The molecular formula is C13H24N4O2. The topological polar surface area (TPSA) is 69.2 Å².